The van der Waals surface area contributed by atoms with Crippen molar-refractivity contribution in [1.82, 2.24) is 79.0 Å². The van der Waals surface area contributed by atoms with Gasteiger partial charge in [0.25, 0.3) is 45.9 Å². The zero-order valence-electron chi connectivity index (χ0n) is 60.1. The topological polar surface area (TPSA) is 380 Å². The molecule has 29 nitrogen and oxygen atoms in total. The van der Waals surface area contributed by atoms with Crippen molar-refractivity contribution in [1.29, 1.82) is 0 Å². The van der Waals surface area contributed by atoms with Crippen LogP contribution < -0.4 is 48.2 Å². The summed E-state index contributed by atoms with van der Waals surface area (Å²) in [4.78, 5) is 127. The lowest BCUT2D eigenvalue weighted by molar-refractivity contribution is 0.101. The lowest BCUT2D eigenvalue weighted by Gasteiger charge is -2.11. The first kappa shape index (κ1) is 76.4. The van der Waals surface area contributed by atoms with Crippen molar-refractivity contribution in [2.24, 2.45) is 0 Å². The first-order chi connectivity index (χ1) is 50.1. The van der Waals surface area contributed by atoms with Crippen molar-refractivity contribution in [2.45, 2.75) is 112 Å². The lowest BCUT2D eigenvalue weighted by atomic mass is 10.1. The Morgan fingerprint density at radius 1 is 0.400 bits per heavy atom. The predicted molar refractivity (Wildman–Crippen MR) is 399 cm³/mol. The summed E-state index contributed by atoms with van der Waals surface area (Å²) in [5.41, 5.74) is 5.51. The van der Waals surface area contributed by atoms with E-state index in [0.29, 0.717) is 85.4 Å². The van der Waals surface area contributed by atoms with Gasteiger partial charge in [0.1, 0.15) is 34.8 Å². The lowest BCUT2D eigenvalue weighted by Crippen LogP contribution is -2.20. The van der Waals surface area contributed by atoms with Gasteiger partial charge in [-0.05, 0) is 106 Å². The smallest absolute Gasteiger partial charge is 0.260 e. The molecule has 0 saturated carbocycles. The molecule has 0 radical (unpaired) electrons. The van der Waals surface area contributed by atoms with Gasteiger partial charge in [0.15, 0.2) is 0 Å². The summed E-state index contributed by atoms with van der Waals surface area (Å²) >= 11 is 1.50. The molecule has 8 aromatic heterocycles. The molecular formula is C74H79FN20O9S. The van der Waals surface area contributed by atoms with Gasteiger partial charge in [-0.15, -0.1) is 11.8 Å². The second-order valence-electron chi connectivity index (χ2n) is 25.0. The second kappa shape index (κ2) is 34.2. The van der Waals surface area contributed by atoms with Gasteiger partial charge in [-0.25, -0.2) is 24.3 Å². The van der Waals surface area contributed by atoms with Crippen LogP contribution >= 0.6 is 11.8 Å². The molecule has 12 rings (SSSR count). The van der Waals surface area contributed by atoms with Crippen molar-refractivity contribution < 1.29 is 28.3 Å². The molecule has 4 aromatic carbocycles. The van der Waals surface area contributed by atoms with Gasteiger partial charge >= 0.3 is 0 Å². The van der Waals surface area contributed by atoms with Gasteiger partial charge < -0.3 is 26.0 Å². The number of H-pyrrole nitrogens is 4. The first-order valence-electron chi connectivity index (χ1n) is 33.1. The number of aromatic amines is 4. The van der Waals surface area contributed by atoms with Gasteiger partial charge in [-0.3, -0.25) is 58.3 Å². The number of methoxy groups -OCH3 is 1. The third-order valence-electron chi connectivity index (χ3n) is 15.3. The molecule has 105 heavy (non-hydrogen) atoms. The van der Waals surface area contributed by atoms with Crippen LogP contribution in [-0.2, 0) is 0 Å². The summed E-state index contributed by atoms with van der Waals surface area (Å²) in [6, 6.07) is 41.5. The van der Waals surface area contributed by atoms with Crippen LogP contribution in [0.15, 0.2) is 176 Å². The van der Waals surface area contributed by atoms with E-state index in [2.05, 4.69) is 81.5 Å². The number of rotatable bonds is 18. The molecule has 0 aliphatic rings. The highest BCUT2D eigenvalue weighted by Crippen LogP contribution is 2.26. The minimum Gasteiger partial charge on any atom is -0.496 e. The largest absolute Gasteiger partial charge is 0.496 e. The molecule has 8 N–H and O–H groups in total. The number of amides is 4. The van der Waals surface area contributed by atoms with E-state index in [1.165, 1.54) is 80.1 Å². The maximum Gasteiger partial charge on any atom is 0.260 e. The Morgan fingerprint density at radius 3 is 1.04 bits per heavy atom. The highest BCUT2D eigenvalue weighted by Gasteiger charge is 2.23. The fourth-order valence-electron chi connectivity index (χ4n) is 10.1. The predicted octanol–water partition coefficient (Wildman–Crippen LogP) is 11.4. The third-order valence-corrected chi connectivity index (χ3v) is 16.1. The van der Waals surface area contributed by atoms with Gasteiger partial charge in [-0.2, -0.15) is 39.1 Å². The number of benzene rings is 4. The Balaban J connectivity index is 0.000000162. The number of nitrogens with zero attached hydrogens (tertiary/aromatic N) is 12. The zero-order chi connectivity index (χ0) is 75.9. The molecule has 0 saturated heterocycles. The van der Waals surface area contributed by atoms with Crippen LogP contribution in [-0.4, -0.2) is 116 Å². The number of para-hydroxylation sites is 1. The van der Waals surface area contributed by atoms with Crippen molar-refractivity contribution in [2.75, 3.05) is 34.6 Å². The summed E-state index contributed by atoms with van der Waals surface area (Å²) in [5, 5.41) is 28.4. The number of carbonyl (C=O) groups is 4. The van der Waals surface area contributed by atoms with E-state index in [1.807, 2.05) is 92.8 Å². The number of anilines is 4. The Morgan fingerprint density at radius 2 is 0.695 bits per heavy atom. The van der Waals surface area contributed by atoms with Crippen molar-refractivity contribution in [3.05, 3.63) is 267 Å². The molecule has 31 heteroatoms. The van der Waals surface area contributed by atoms with E-state index in [0.717, 1.165) is 4.90 Å². The normalized spacial score (nSPS) is 10.9. The van der Waals surface area contributed by atoms with Crippen molar-refractivity contribution in [3.63, 3.8) is 0 Å². The molecule has 8 heterocycles. The molecule has 0 aliphatic heterocycles. The first-order valence-corrected chi connectivity index (χ1v) is 34.3. The van der Waals surface area contributed by atoms with Crippen LogP contribution in [0, 0.1) is 33.5 Å². The highest BCUT2D eigenvalue weighted by atomic mass is 32.2. The highest BCUT2D eigenvalue weighted by molar-refractivity contribution is 7.98. The number of hydrogen-bond acceptors (Lipinski definition) is 18. The molecule has 0 atom stereocenters. The number of halogens is 1. The number of thioether (sulfide) groups is 1. The number of aryl methyl sites for hydroxylation is 4. The summed E-state index contributed by atoms with van der Waals surface area (Å²) in [5.74, 6) is 1.20. The number of hydrogen-bond donors (Lipinski definition) is 8. The Hall–Kier alpha value is -12.8. The average molecular weight is 1440 g/mol. The maximum absolute atomic E-state index is 13.8. The fraction of sp³-hybridized carbons (Fsp3) is 0.243. The van der Waals surface area contributed by atoms with Crippen LogP contribution in [0.1, 0.15) is 166 Å². The number of ether oxygens (including phenoxy) is 1. The van der Waals surface area contributed by atoms with Gasteiger partial charge in [-0.1, -0.05) is 110 Å². The minimum absolute atomic E-state index is 0.0455. The Bertz CT molecular complexity index is 5210. The van der Waals surface area contributed by atoms with Crippen molar-refractivity contribution in [3.8, 4) is 29.5 Å². The summed E-state index contributed by atoms with van der Waals surface area (Å²) < 4.78 is 24.7. The molecule has 4 amide bonds. The van der Waals surface area contributed by atoms with Crippen LogP contribution in [0.4, 0.5) is 27.7 Å². The SMILES string of the molecule is COc1ccccc1C(=O)Nc1cc(C)nn1-c1nc(C(C)C)cc(=O)[nH]1.CSc1ccccc1C(=O)Nc1cc(C)nn1-c1nc(C(C)C)cc(=O)[nH]1.Cc1cc(NC(=O)c2ccccc2)n(-c2nc(C(C)C)cc(=O)[nH]2)n1.Cc1cc(NC(=O)c2ccccc2F)n(-c2nc(C(C)C)cc(=O)[nH]2)n1. The van der Waals surface area contributed by atoms with Gasteiger partial charge in [0.2, 0.25) is 23.8 Å². The number of nitrogens with one attached hydrogen (secondary N) is 8. The summed E-state index contributed by atoms with van der Waals surface area (Å²) in [7, 11) is 1.51. The monoisotopic (exact) mass is 1440 g/mol. The number of carbonyl (C=O) groups excluding carboxylic acids is 4. The van der Waals surface area contributed by atoms with Crippen LogP contribution in [0.25, 0.3) is 23.8 Å². The van der Waals surface area contributed by atoms with Crippen LogP contribution in [0.3, 0.4) is 0 Å². The molecule has 542 valence electrons. The molecule has 12 aromatic rings. The average Bonchev–Trinajstić information content (AvgIpc) is 1.73. The fourth-order valence-corrected chi connectivity index (χ4v) is 10.7. The minimum atomic E-state index is -0.624. The quantitative estimate of drug-likeness (QED) is 0.0370. The molecule has 0 spiro atoms. The van der Waals surface area contributed by atoms with Crippen LogP contribution in [0.5, 0.6) is 5.75 Å². The van der Waals surface area contributed by atoms with E-state index in [4.69, 9.17) is 4.74 Å². The van der Waals surface area contributed by atoms with E-state index < -0.39 is 11.7 Å². The molecule has 0 fully saturated rings. The zero-order valence-corrected chi connectivity index (χ0v) is 60.9. The number of aromatic nitrogens is 16. The van der Waals surface area contributed by atoms with E-state index in [-0.39, 0.29) is 98.8 Å². The maximum atomic E-state index is 13.8. The van der Waals surface area contributed by atoms with Crippen LogP contribution in [0.2, 0.25) is 0 Å². The van der Waals surface area contributed by atoms with Gasteiger partial charge in [0, 0.05) is 59.0 Å². The van der Waals surface area contributed by atoms with E-state index >= 15 is 0 Å². The summed E-state index contributed by atoms with van der Waals surface area (Å²) in [6.45, 7) is 22.7. The van der Waals surface area contributed by atoms with Crippen molar-refractivity contribution >= 4 is 58.7 Å². The van der Waals surface area contributed by atoms with Gasteiger partial charge in [0.05, 0.1) is 69.4 Å². The third kappa shape index (κ3) is 19.6. The molecule has 0 bridgehead atoms. The van der Waals surface area contributed by atoms with E-state index in [1.54, 1.807) is 106 Å². The standard InChI is InChI=1S/C19H21N5O3.C19H21N5O2S.C18H18FN5O2.C18H19N5O2/c2*1-11(2)14-10-17(25)22-19(20-14)24-16(9-12(3)23-24)21-18(26)13-7-5-6-8-15(13)27-4;1-10(2)14-9-16(25)22-18(20-14)24-15(8-11(3)23-24)21-17(26)12-6-4-5-7-13(12)19;1-11(2)14-10-16(24)21-18(19-14)23-15(9-12(3)22-23)20-17(25)13-7-5-4-6-8-13/h2*5-11H,1-4H3,(H,21,26)(H,20,22,25);4-10H,1-3H3,(H,21,26)(H,20,22,25);4-11H,1-3H3,(H,20,25)(H,19,21,24). The summed E-state index contributed by atoms with van der Waals surface area (Å²) in [6.07, 6.45) is 1.92. The Labute approximate surface area is 605 Å². The molecular weight excluding hydrogens is 1360 g/mol. The molecule has 0 unspecified atom stereocenters. The Kier molecular flexibility index (Phi) is 24.9. The molecule has 0 aliphatic carbocycles. The van der Waals surface area contributed by atoms with E-state index in [9.17, 15) is 42.7 Å². The second-order valence-corrected chi connectivity index (χ2v) is 25.8.